The fourth-order valence-electron chi connectivity index (χ4n) is 4.83. The van der Waals surface area contributed by atoms with E-state index in [2.05, 4.69) is 28.7 Å². The molecule has 3 rings (SSSR count). The Morgan fingerprint density at radius 3 is 2.78 bits per heavy atom. The highest BCUT2D eigenvalue weighted by Crippen LogP contribution is 2.47. The average Bonchev–Trinajstić information content (AvgIpc) is 3.03. The topological polar surface area (TPSA) is 29.0 Å². The van der Waals surface area contributed by atoms with E-state index in [4.69, 9.17) is 0 Å². The lowest BCUT2D eigenvalue weighted by atomic mass is 9.85. The zero-order valence-corrected chi connectivity index (χ0v) is 14.1. The standard InChI is InChI=1S/C18H27F2N3/c1-13(2)12-18-7-3-11-23(18)14(6-8-18)4-5-15-16(17(19)20)22-10-9-21-15/h9-10,13-14,17H,3-8,11-12H2,1-2H3. The number of aryl methyl sites for hydroxylation is 1. The summed E-state index contributed by atoms with van der Waals surface area (Å²) in [5, 5.41) is 0. The smallest absolute Gasteiger partial charge is 0.282 e. The maximum absolute atomic E-state index is 13.0. The summed E-state index contributed by atoms with van der Waals surface area (Å²) >= 11 is 0. The molecule has 0 aromatic carbocycles. The van der Waals surface area contributed by atoms with E-state index >= 15 is 0 Å². The molecule has 23 heavy (non-hydrogen) atoms. The van der Waals surface area contributed by atoms with E-state index in [0.29, 0.717) is 29.6 Å². The summed E-state index contributed by atoms with van der Waals surface area (Å²) in [4.78, 5) is 10.7. The highest BCUT2D eigenvalue weighted by Gasteiger charge is 2.48. The molecule has 1 aromatic heterocycles. The summed E-state index contributed by atoms with van der Waals surface area (Å²) < 4.78 is 26.1. The number of aromatic nitrogens is 2. The van der Waals surface area contributed by atoms with Gasteiger partial charge in [0.05, 0.1) is 5.69 Å². The van der Waals surface area contributed by atoms with Crippen LogP contribution in [0.15, 0.2) is 12.4 Å². The van der Waals surface area contributed by atoms with Gasteiger partial charge in [-0.15, -0.1) is 0 Å². The summed E-state index contributed by atoms with van der Waals surface area (Å²) in [5.74, 6) is 0.708. The van der Waals surface area contributed by atoms with Crippen molar-refractivity contribution in [2.24, 2.45) is 5.92 Å². The average molecular weight is 323 g/mol. The van der Waals surface area contributed by atoms with Gasteiger partial charge in [-0.25, -0.2) is 8.78 Å². The summed E-state index contributed by atoms with van der Waals surface area (Å²) in [5.41, 5.74) is 0.718. The molecule has 0 aliphatic carbocycles. The van der Waals surface area contributed by atoms with Gasteiger partial charge in [-0.05, 0) is 57.4 Å². The van der Waals surface area contributed by atoms with Crippen LogP contribution in [-0.2, 0) is 6.42 Å². The number of hydrogen-bond acceptors (Lipinski definition) is 3. The van der Waals surface area contributed by atoms with Crippen molar-refractivity contribution in [2.75, 3.05) is 6.54 Å². The van der Waals surface area contributed by atoms with E-state index in [-0.39, 0.29) is 5.69 Å². The fourth-order valence-corrected chi connectivity index (χ4v) is 4.83. The molecule has 2 saturated heterocycles. The van der Waals surface area contributed by atoms with Crippen molar-refractivity contribution in [1.29, 1.82) is 0 Å². The third-order valence-corrected chi connectivity index (χ3v) is 5.55. The van der Waals surface area contributed by atoms with Gasteiger partial charge in [0.15, 0.2) is 0 Å². The Hall–Kier alpha value is -1.10. The zero-order chi connectivity index (χ0) is 16.4. The van der Waals surface area contributed by atoms with Crippen LogP contribution in [0.25, 0.3) is 0 Å². The Balaban J connectivity index is 1.66. The molecular formula is C18H27F2N3. The highest BCUT2D eigenvalue weighted by atomic mass is 19.3. The number of rotatable bonds is 6. The maximum atomic E-state index is 13.0. The Morgan fingerprint density at radius 2 is 2.04 bits per heavy atom. The molecule has 1 aromatic rings. The first-order chi connectivity index (χ1) is 11.0. The SMILES string of the molecule is CC(C)CC12CCCN1C(CCc1nccnc1C(F)F)CC2. The first kappa shape index (κ1) is 16.7. The molecule has 2 atom stereocenters. The monoisotopic (exact) mass is 323 g/mol. The van der Waals surface area contributed by atoms with Crippen molar-refractivity contribution in [3.05, 3.63) is 23.8 Å². The third kappa shape index (κ3) is 3.39. The second-order valence-electron chi connectivity index (χ2n) is 7.54. The Labute approximate surface area is 137 Å². The van der Waals surface area contributed by atoms with Crippen molar-refractivity contribution in [3.63, 3.8) is 0 Å². The van der Waals surface area contributed by atoms with Crippen LogP contribution < -0.4 is 0 Å². The van der Waals surface area contributed by atoms with Crippen LogP contribution in [0.3, 0.4) is 0 Å². The Kier molecular flexibility index (Phi) is 4.95. The molecule has 2 aliphatic heterocycles. The van der Waals surface area contributed by atoms with Gasteiger partial charge in [-0.1, -0.05) is 13.8 Å². The number of halogens is 2. The van der Waals surface area contributed by atoms with E-state index in [0.717, 1.165) is 6.42 Å². The summed E-state index contributed by atoms with van der Waals surface area (Å²) in [7, 11) is 0. The number of hydrogen-bond donors (Lipinski definition) is 0. The van der Waals surface area contributed by atoms with Crippen LogP contribution in [0.1, 0.15) is 70.2 Å². The van der Waals surface area contributed by atoms with Gasteiger partial charge in [0.2, 0.25) is 0 Å². The molecule has 2 aliphatic rings. The molecule has 0 N–H and O–H groups in total. The number of fused-ring (bicyclic) bond motifs is 1. The third-order valence-electron chi connectivity index (χ3n) is 5.55. The number of alkyl halides is 2. The van der Waals surface area contributed by atoms with E-state index in [1.54, 1.807) is 0 Å². The normalized spacial score (nSPS) is 28.0. The second kappa shape index (κ2) is 6.80. The fraction of sp³-hybridized carbons (Fsp3) is 0.778. The van der Waals surface area contributed by atoms with Crippen LogP contribution in [0.5, 0.6) is 0 Å². The maximum Gasteiger partial charge on any atom is 0.282 e. The molecule has 2 fully saturated rings. The van der Waals surface area contributed by atoms with Gasteiger partial charge in [-0.2, -0.15) is 0 Å². The van der Waals surface area contributed by atoms with Crippen molar-refractivity contribution in [3.8, 4) is 0 Å². The minimum absolute atomic E-state index is 0.139. The summed E-state index contributed by atoms with van der Waals surface area (Å²) in [6.45, 7) is 5.76. The largest absolute Gasteiger partial charge is 0.295 e. The van der Waals surface area contributed by atoms with Crippen LogP contribution in [-0.4, -0.2) is 33.0 Å². The van der Waals surface area contributed by atoms with Gasteiger partial charge >= 0.3 is 0 Å². The summed E-state index contributed by atoms with van der Waals surface area (Å²) in [6.07, 6.45) is 8.15. The van der Waals surface area contributed by atoms with Gasteiger partial charge < -0.3 is 0 Å². The van der Waals surface area contributed by atoms with Crippen LogP contribution in [0, 0.1) is 5.92 Å². The first-order valence-corrected chi connectivity index (χ1v) is 8.86. The second-order valence-corrected chi connectivity index (χ2v) is 7.54. The lowest BCUT2D eigenvalue weighted by Gasteiger charge is -2.36. The molecule has 3 nitrogen and oxygen atoms in total. The highest BCUT2D eigenvalue weighted by molar-refractivity contribution is 5.13. The minimum Gasteiger partial charge on any atom is -0.295 e. The molecule has 128 valence electrons. The molecule has 5 heteroatoms. The lowest BCUT2D eigenvalue weighted by Crippen LogP contribution is -2.43. The molecule has 0 bridgehead atoms. The van der Waals surface area contributed by atoms with E-state index in [1.807, 2.05) is 0 Å². The molecule has 0 spiro atoms. The summed E-state index contributed by atoms with van der Waals surface area (Å²) in [6, 6.07) is 0.517. The molecule has 0 radical (unpaired) electrons. The van der Waals surface area contributed by atoms with Crippen molar-refractivity contribution >= 4 is 0 Å². The van der Waals surface area contributed by atoms with Gasteiger partial charge in [0.1, 0.15) is 5.69 Å². The first-order valence-electron chi connectivity index (χ1n) is 8.86. The zero-order valence-electron chi connectivity index (χ0n) is 14.1. The van der Waals surface area contributed by atoms with Gasteiger partial charge in [0, 0.05) is 24.0 Å². The molecule has 2 unspecified atom stereocenters. The van der Waals surface area contributed by atoms with Gasteiger partial charge in [0.25, 0.3) is 6.43 Å². The molecule has 3 heterocycles. The Bertz CT molecular complexity index is 535. The molecular weight excluding hydrogens is 296 g/mol. The van der Waals surface area contributed by atoms with E-state index < -0.39 is 6.43 Å². The Morgan fingerprint density at radius 1 is 1.26 bits per heavy atom. The van der Waals surface area contributed by atoms with Gasteiger partial charge in [-0.3, -0.25) is 14.9 Å². The molecule has 0 amide bonds. The predicted octanol–water partition coefficient (Wildman–Crippen LogP) is 4.39. The minimum atomic E-state index is -2.53. The van der Waals surface area contributed by atoms with Crippen molar-refractivity contribution in [1.82, 2.24) is 14.9 Å². The predicted molar refractivity (Wildman–Crippen MR) is 86.5 cm³/mol. The van der Waals surface area contributed by atoms with Crippen molar-refractivity contribution in [2.45, 2.75) is 76.8 Å². The lowest BCUT2D eigenvalue weighted by molar-refractivity contribution is 0.121. The quantitative estimate of drug-likeness (QED) is 0.777. The molecule has 0 saturated carbocycles. The van der Waals surface area contributed by atoms with Crippen molar-refractivity contribution < 1.29 is 8.78 Å². The van der Waals surface area contributed by atoms with E-state index in [9.17, 15) is 8.78 Å². The van der Waals surface area contributed by atoms with Crippen LogP contribution in [0.4, 0.5) is 8.78 Å². The van der Waals surface area contributed by atoms with Crippen LogP contribution in [0.2, 0.25) is 0 Å². The number of nitrogens with zero attached hydrogens (tertiary/aromatic N) is 3. The van der Waals surface area contributed by atoms with Crippen LogP contribution >= 0.6 is 0 Å². The van der Waals surface area contributed by atoms with E-state index in [1.165, 1.54) is 51.0 Å².